The van der Waals surface area contributed by atoms with E-state index in [2.05, 4.69) is 6.58 Å². The van der Waals surface area contributed by atoms with Gasteiger partial charge in [-0.3, -0.25) is 0 Å². The van der Waals surface area contributed by atoms with Crippen LogP contribution < -0.4 is 4.74 Å². The topological polar surface area (TPSA) is 46.5 Å². The summed E-state index contributed by atoms with van der Waals surface area (Å²) in [6.07, 6.45) is 2.36. The molecule has 0 aromatic heterocycles. The third-order valence-corrected chi connectivity index (χ3v) is 1.99. The van der Waals surface area contributed by atoms with E-state index >= 15 is 0 Å². The van der Waals surface area contributed by atoms with Gasteiger partial charge in [0.15, 0.2) is 0 Å². The van der Waals surface area contributed by atoms with E-state index in [1.165, 1.54) is 18.2 Å². The number of ether oxygens (including phenoxy) is 1. The molecule has 1 aromatic carbocycles. The van der Waals surface area contributed by atoms with Gasteiger partial charge in [-0.1, -0.05) is 17.7 Å². The first-order chi connectivity index (χ1) is 7.15. The Balaban J connectivity index is 2.86. The van der Waals surface area contributed by atoms with Crippen molar-refractivity contribution < 1.29 is 14.6 Å². The molecule has 1 aromatic rings. The summed E-state index contributed by atoms with van der Waals surface area (Å²) in [5.74, 6) is -0.739. The van der Waals surface area contributed by atoms with Gasteiger partial charge in [0.2, 0.25) is 0 Å². The zero-order chi connectivity index (χ0) is 11.3. The van der Waals surface area contributed by atoms with E-state index in [4.69, 9.17) is 21.4 Å². The zero-order valence-electron chi connectivity index (χ0n) is 8.07. The molecule has 0 atom stereocenters. The van der Waals surface area contributed by atoms with Crippen molar-refractivity contribution in [3.8, 4) is 5.75 Å². The first-order valence-corrected chi connectivity index (χ1v) is 4.79. The number of aromatic carboxylic acids is 1. The molecular weight excluding hydrogens is 216 g/mol. The predicted octanol–water partition coefficient (Wildman–Crippen LogP) is 2.99. The molecule has 0 heterocycles. The fourth-order valence-electron chi connectivity index (χ4n) is 1.04. The van der Waals surface area contributed by atoms with E-state index in [0.29, 0.717) is 18.1 Å². The van der Waals surface area contributed by atoms with E-state index in [1.54, 1.807) is 6.08 Å². The van der Waals surface area contributed by atoms with Crippen LogP contribution in [0.4, 0.5) is 0 Å². The summed E-state index contributed by atoms with van der Waals surface area (Å²) in [6.45, 7) is 3.94. The van der Waals surface area contributed by atoms with Gasteiger partial charge in [0.05, 0.1) is 6.61 Å². The van der Waals surface area contributed by atoms with Gasteiger partial charge in [-0.15, -0.1) is 6.58 Å². The molecule has 15 heavy (non-hydrogen) atoms. The lowest BCUT2D eigenvalue weighted by molar-refractivity contribution is 0.0692. The molecule has 0 unspecified atom stereocenters. The van der Waals surface area contributed by atoms with Crippen LogP contribution in [-0.4, -0.2) is 17.7 Å². The lowest BCUT2D eigenvalue weighted by atomic mass is 10.2. The first kappa shape index (κ1) is 11.6. The maximum atomic E-state index is 10.8. The molecular formula is C11H11ClO3. The Labute approximate surface area is 92.9 Å². The van der Waals surface area contributed by atoms with E-state index in [-0.39, 0.29) is 11.3 Å². The van der Waals surface area contributed by atoms with Crippen LogP contribution in [0.3, 0.4) is 0 Å². The van der Waals surface area contributed by atoms with Crippen molar-refractivity contribution in [3.05, 3.63) is 41.4 Å². The summed E-state index contributed by atoms with van der Waals surface area (Å²) in [5.41, 5.74) is 0.114. The van der Waals surface area contributed by atoms with Crippen LogP contribution in [0, 0.1) is 0 Å². The molecule has 1 N–H and O–H groups in total. The molecule has 0 saturated heterocycles. The number of hydrogen-bond acceptors (Lipinski definition) is 2. The van der Waals surface area contributed by atoms with Gasteiger partial charge in [-0.05, 0) is 24.6 Å². The molecule has 0 aliphatic heterocycles. The predicted molar refractivity (Wildman–Crippen MR) is 58.7 cm³/mol. The van der Waals surface area contributed by atoms with Gasteiger partial charge in [0.1, 0.15) is 11.3 Å². The second kappa shape index (κ2) is 5.41. The summed E-state index contributed by atoms with van der Waals surface area (Å²) >= 11 is 5.74. The number of benzene rings is 1. The summed E-state index contributed by atoms with van der Waals surface area (Å²) in [7, 11) is 0. The SMILES string of the molecule is C=CCCOc1cc(Cl)ccc1C(=O)O. The fraction of sp³-hybridized carbons (Fsp3) is 0.182. The van der Waals surface area contributed by atoms with E-state index < -0.39 is 5.97 Å². The summed E-state index contributed by atoms with van der Waals surface area (Å²) < 4.78 is 5.28. The average molecular weight is 227 g/mol. The zero-order valence-corrected chi connectivity index (χ0v) is 8.83. The van der Waals surface area contributed by atoms with Crippen LogP contribution in [0.25, 0.3) is 0 Å². The van der Waals surface area contributed by atoms with Crippen LogP contribution >= 0.6 is 11.6 Å². The molecule has 0 aliphatic rings. The third-order valence-electron chi connectivity index (χ3n) is 1.75. The van der Waals surface area contributed by atoms with E-state index in [1.807, 2.05) is 0 Å². The number of hydrogen-bond donors (Lipinski definition) is 1. The minimum absolute atomic E-state index is 0.114. The van der Waals surface area contributed by atoms with Gasteiger partial charge in [-0.2, -0.15) is 0 Å². The molecule has 1 rings (SSSR count). The largest absolute Gasteiger partial charge is 0.492 e. The Kier molecular flexibility index (Phi) is 4.18. The highest BCUT2D eigenvalue weighted by atomic mass is 35.5. The molecule has 0 amide bonds. The van der Waals surface area contributed by atoms with Crippen molar-refractivity contribution in [1.29, 1.82) is 0 Å². The van der Waals surface area contributed by atoms with E-state index in [9.17, 15) is 4.79 Å². The van der Waals surface area contributed by atoms with Crippen LogP contribution in [0.1, 0.15) is 16.8 Å². The molecule has 0 radical (unpaired) electrons. The Bertz CT molecular complexity index is 374. The lowest BCUT2D eigenvalue weighted by Gasteiger charge is -2.08. The van der Waals surface area contributed by atoms with Crippen LogP contribution in [0.5, 0.6) is 5.75 Å². The van der Waals surface area contributed by atoms with Crippen molar-refractivity contribution in [2.45, 2.75) is 6.42 Å². The smallest absolute Gasteiger partial charge is 0.339 e. The van der Waals surface area contributed by atoms with E-state index in [0.717, 1.165) is 0 Å². The minimum atomic E-state index is -1.03. The van der Waals surface area contributed by atoms with Gasteiger partial charge in [0.25, 0.3) is 0 Å². The van der Waals surface area contributed by atoms with Crippen molar-refractivity contribution in [2.75, 3.05) is 6.61 Å². The quantitative estimate of drug-likeness (QED) is 0.620. The maximum absolute atomic E-state index is 10.8. The Morgan fingerprint density at radius 1 is 1.60 bits per heavy atom. The Morgan fingerprint density at radius 3 is 2.93 bits per heavy atom. The highest BCUT2D eigenvalue weighted by Crippen LogP contribution is 2.23. The monoisotopic (exact) mass is 226 g/mol. The Hall–Kier alpha value is -1.48. The normalized spacial score (nSPS) is 9.67. The fourth-order valence-corrected chi connectivity index (χ4v) is 1.21. The molecule has 0 saturated carbocycles. The molecule has 0 aliphatic carbocycles. The minimum Gasteiger partial charge on any atom is -0.492 e. The second-order valence-corrected chi connectivity index (χ2v) is 3.31. The second-order valence-electron chi connectivity index (χ2n) is 2.87. The summed E-state index contributed by atoms with van der Waals surface area (Å²) in [4.78, 5) is 10.8. The molecule has 4 heteroatoms. The third kappa shape index (κ3) is 3.29. The molecule has 0 fully saturated rings. The number of carboxylic acid groups (broad SMARTS) is 1. The van der Waals surface area contributed by atoms with Crippen molar-refractivity contribution >= 4 is 17.6 Å². The number of rotatable bonds is 5. The molecule has 0 spiro atoms. The van der Waals surface area contributed by atoms with Crippen molar-refractivity contribution in [3.63, 3.8) is 0 Å². The first-order valence-electron chi connectivity index (χ1n) is 4.41. The maximum Gasteiger partial charge on any atom is 0.339 e. The molecule has 3 nitrogen and oxygen atoms in total. The average Bonchev–Trinajstić information content (AvgIpc) is 2.18. The summed E-state index contributed by atoms with van der Waals surface area (Å²) in [6, 6.07) is 4.44. The number of carbonyl (C=O) groups is 1. The highest BCUT2D eigenvalue weighted by Gasteiger charge is 2.11. The highest BCUT2D eigenvalue weighted by molar-refractivity contribution is 6.30. The Morgan fingerprint density at radius 2 is 2.33 bits per heavy atom. The number of halogens is 1. The van der Waals surface area contributed by atoms with Gasteiger partial charge in [-0.25, -0.2) is 4.79 Å². The van der Waals surface area contributed by atoms with Crippen LogP contribution in [0.15, 0.2) is 30.9 Å². The standard InChI is InChI=1S/C11H11ClO3/c1-2-3-6-15-10-7-8(12)4-5-9(10)11(13)14/h2,4-5,7H,1,3,6H2,(H,13,14). The summed E-state index contributed by atoms with van der Waals surface area (Å²) in [5, 5.41) is 9.32. The molecule has 80 valence electrons. The van der Waals surface area contributed by atoms with Gasteiger partial charge < -0.3 is 9.84 Å². The lowest BCUT2D eigenvalue weighted by Crippen LogP contribution is -2.03. The van der Waals surface area contributed by atoms with Gasteiger partial charge >= 0.3 is 5.97 Å². The van der Waals surface area contributed by atoms with Crippen LogP contribution in [-0.2, 0) is 0 Å². The van der Waals surface area contributed by atoms with Crippen molar-refractivity contribution in [2.24, 2.45) is 0 Å². The van der Waals surface area contributed by atoms with Gasteiger partial charge in [0, 0.05) is 5.02 Å². The van der Waals surface area contributed by atoms with Crippen molar-refractivity contribution in [1.82, 2.24) is 0 Å². The van der Waals surface area contributed by atoms with Crippen LogP contribution in [0.2, 0.25) is 5.02 Å². The molecule has 0 bridgehead atoms. The number of carboxylic acids is 1.